The van der Waals surface area contributed by atoms with Gasteiger partial charge in [-0.05, 0) is 51.7 Å². The van der Waals surface area contributed by atoms with Gasteiger partial charge in [-0.15, -0.1) is 0 Å². The van der Waals surface area contributed by atoms with E-state index in [2.05, 4.69) is 21.2 Å². The van der Waals surface area contributed by atoms with Crippen molar-refractivity contribution >= 4 is 21.8 Å². The Morgan fingerprint density at radius 1 is 0.966 bits per heavy atom. The second-order valence-corrected chi connectivity index (χ2v) is 7.50. The molecule has 0 unspecified atom stereocenters. The van der Waals surface area contributed by atoms with E-state index in [1.54, 1.807) is 22.9 Å². The highest BCUT2D eigenvalue weighted by Gasteiger charge is 2.04. The number of hydrogen-bond donors (Lipinski definition) is 1. The third-order valence-electron chi connectivity index (χ3n) is 4.41. The molecule has 3 aromatic rings. The molecular weight excluding hydrogens is 432 g/mol. The summed E-state index contributed by atoms with van der Waals surface area (Å²) in [5, 5.41) is 2.93. The lowest BCUT2D eigenvalue weighted by atomic mass is 10.1. The zero-order chi connectivity index (χ0) is 20.5. The summed E-state index contributed by atoms with van der Waals surface area (Å²) in [6.45, 7) is 1.50. The van der Waals surface area contributed by atoms with Gasteiger partial charge in [0.05, 0.1) is 17.6 Å². The Kier molecular flexibility index (Phi) is 7.64. The fraction of sp³-hybridized carbons (Fsp3) is 0.217. The Morgan fingerprint density at radius 3 is 2.45 bits per heavy atom. The van der Waals surface area contributed by atoms with E-state index in [9.17, 15) is 9.59 Å². The molecule has 29 heavy (non-hydrogen) atoms. The summed E-state index contributed by atoms with van der Waals surface area (Å²) in [7, 11) is 0. The molecule has 0 aliphatic rings. The van der Waals surface area contributed by atoms with Crippen molar-refractivity contribution in [2.45, 2.75) is 25.9 Å². The Bertz CT molecular complexity index is 999. The van der Waals surface area contributed by atoms with Crippen LogP contribution < -0.4 is 15.6 Å². The maximum Gasteiger partial charge on any atom is 0.250 e. The second-order valence-electron chi connectivity index (χ2n) is 6.64. The lowest BCUT2D eigenvalue weighted by Gasteiger charge is -2.09. The largest absolute Gasteiger partial charge is 0.492 e. The molecule has 0 aliphatic heterocycles. The van der Waals surface area contributed by atoms with Crippen LogP contribution >= 0.6 is 15.9 Å². The van der Waals surface area contributed by atoms with Crippen LogP contribution in [0.1, 0.15) is 24.0 Å². The zero-order valence-corrected chi connectivity index (χ0v) is 17.6. The number of ether oxygens (including phenoxy) is 1. The molecule has 2 aromatic carbocycles. The molecule has 0 saturated carbocycles. The number of hydrogen-bond acceptors (Lipinski definition) is 3. The van der Waals surface area contributed by atoms with Crippen LogP contribution in [0.15, 0.2) is 82.2 Å². The van der Waals surface area contributed by atoms with Crippen LogP contribution in [0.5, 0.6) is 5.75 Å². The minimum atomic E-state index is -0.0209. The molecule has 0 saturated heterocycles. The Balaban J connectivity index is 1.38. The van der Waals surface area contributed by atoms with Crippen LogP contribution in [0, 0.1) is 0 Å². The van der Waals surface area contributed by atoms with Gasteiger partial charge >= 0.3 is 0 Å². The fourth-order valence-electron chi connectivity index (χ4n) is 2.82. The molecule has 1 aromatic heterocycles. The molecule has 0 radical (unpaired) electrons. The first-order chi connectivity index (χ1) is 14.1. The van der Waals surface area contributed by atoms with Crippen molar-refractivity contribution in [3.05, 3.63) is 98.9 Å². The number of nitrogens with one attached hydrogen (secondary N) is 1. The summed E-state index contributed by atoms with van der Waals surface area (Å²) < 4.78 is 8.24. The monoisotopic (exact) mass is 454 g/mol. The summed E-state index contributed by atoms with van der Waals surface area (Å²) in [6.07, 6.45) is 2.84. The predicted molar refractivity (Wildman–Crippen MR) is 117 cm³/mol. The topological polar surface area (TPSA) is 60.3 Å². The minimum Gasteiger partial charge on any atom is -0.492 e. The Hall–Kier alpha value is -2.86. The molecule has 3 rings (SSSR count). The van der Waals surface area contributed by atoms with Crippen LogP contribution in [0.2, 0.25) is 0 Å². The fourth-order valence-corrected chi connectivity index (χ4v) is 3.22. The van der Waals surface area contributed by atoms with E-state index in [4.69, 9.17) is 4.74 Å². The number of halogens is 1. The number of pyridine rings is 1. The van der Waals surface area contributed by atoms with Gasteiger partial charge in [0, 0.05) is 25.2 Å². The summed E-state index contributed by atoms with van der Waals surface area (Å²) in [5.74, 6) is 0.784. The molecule has 0 fully saturated rings. The van der Waals surface area contributed by atoms with Gasteiger partial charge in [-0.3, -0.25) is 9.59 Å². The molecule has 6 heteroatoms. The lowest BCUT2D eigenvalue weighted by Crippen LogP contribution is -2.23. The number of carbonyl (C=O) groups excluding carboxylic acids is 1. The summed E-state index contributed by atoms with van der Waals surface area (Å²) in [6, 6.07) is 20.7. The van der Waals surface area contributed by atoms with Gasteiger partial charge in [0.2, 0.25) is 5.91 Å². The van der Waals surface area contributed by atoms with Crippen molar-refractivity contribution < 1.29 is 9.53 Å². The summed E-state index contributed by atoms with van der Waals surface area (Å²) >= 11 is 3.43. The number of aromatic nitrogens is 1. The molecule has 0 atom stereocenters. The molecule has 0 spiro atoms. The van der Waals surface area contributed by atoms with Crippen LogP contribution in [0.3, 0.4) is 0 Å². The van der Waals surface area contributed by atoms with E-state index >= 15 is 0 Å². The highest BCUT2D eigenvalue weighted by molar-refractivity contribution is 9.10. The molecular formula is C23H23BrN2O3. The quantitative estimate of drug-likeness (QED) is 0.494. The van der Waals surface area contributed by atoms with Gasteiger partial charge in [-0.25, -0.2) is 0 Å². The van der Waals surface area contributed by atoms with Gasteiger partial charge in [0.15, 0.2) is 0 Å². The van der Waals surface area contributed by atoms with Crippen LogP contribution in [-0.2, 0) is 17.9 Å². The molecule has 0 bridgehead atoms. The van der Waals surface area contributed by atoms with Gasteiger partial charge in [-0.2, -0.15) is 0 Å². The van der Waals surface area contributed by atoms with Crippen molar-refractivity contribution in [2.24, 2.45) is 0 Å². The standard InChI is InChI=1S/C23H23BrN2O3/c24-20-6-1-2-7-21(20)29-15-5-8-22(27)25-16-18-10-12-19(13-11-18)17-26-14-4-3-9-23(26)28/h1-4,6-7,9-14H,5,8,15-17H2,(H,25,27). The second kappa shape index (κ2) is 10.6. The van der Waals surface area contributed by atoms with E-state index in [0.29, 0.717) is 32.5 Å². The van der Waals surface area contributed by atoms with Gasteiger partial charge in [0.1, 0.15) is 5.75 Å². The molecule has 150 valence electrons. The smallest absolute Gasteiger partial charge is 0.250 e. The molecule has 0 aliphatic carbocycles. The highest BCUT2D eigenvalue weighted by Crippen LogP contribution is 2.23. The molecule has 1 heterocycles. The van der Waals surface area contributed by atoms with Crippen molar-refractivity contribution in [3.8, 4) is 5.75 Å². The van der Waals surface area contributed by atoms with Crippen molar-refractivity contribution in [1.29, 1.82) is 0 Å². The Morgan fingerprint density at radius 2 is 1.69 bits per heavy atom. The highest BCUT2D eigenvalue weighted by atomic mass is 79.9. The van der Waals surface area contributed by atoms with E-state index in [0.717, 1.165) is 21.3 Å². The summed E-state index contributed by atoms with van der Waals surface area (Å²) in [5.41, 5.74) is 2.04. The maximum absolute atomic E-state index is 12.0. The number of nitrogens with zero attached hydrogens (tertiary/aromatic N) is 1. The lowest BCUT2D eigenvalue weighted by molar-refractivity contribution is -0.121. The zero-order valence-electron chi connectivity index (χ0n) is 16.0. The first kappa shape index (κ1) is 20.9. The van der Waals surface area contributed by atoms with Crippen LogP contribution in [0.25, 0.3) is 0 Å². The van der Waals surface area contributed by atoms with E-state index < -0.39 is 0 Å². The average molecular weight is 455 g/mol. The number of carbonyl (C=O) groups is 1. The van der Waals surface area contributed by atoms with Crippen molar-refractivity contribution in [1.82, 2.24) is 9.88 Å². The normalized spacial score (nSPS) is 10.5. The number of rotatable bonds is 9. The van der Waals surface area contributed by atoms with Crippen molar-refractivity contribution in [3.63, 3.8) is 0 Å². The third kappa shape index (κ3) is 6.61. The van der Waals surface area contributed by atoms with Crippen LogP contribution in [-0.4, -0.2) is 17.1 Å². The summed E-state index contributed by atoms with van der Waals surface area (Å²) in [4.78, 5) is 23.8. The average Bonchev–Trinajstić information content (AvgIpc) is 2.73. The molecule has 1 amide bonds. The van der Waals surface area contributed by atoms with Crippen molar-refractivity contribution in [2.75, 3.05) is 6.61 Å². The number of benzene rings is 2. The third-order valence-corrected chi connectivity index (χ3v) is 5.06. The van der Waals surface area contributed by atoms with Gasteiger partial charge < -0.3 is 14.6 Å². The first-order valence-corrected chi connectivity index (χ1v) is 10.3. The van der Waals surface area contributed by atoms with E-state index in [-0.39, 0.29) is 11.5 Å². The van der Waals surface area contributed by atoms with Crippen LogP contribution in [0.4, 0.5) is 0 Å². The van der Waals surface area contributed by atoms with Gasteiger partial charge in [-0.1, -0.05) is 42.5 Å². The number of para-hydroxylation sites is 1. The first-order valence-electron chi connectivity index (χ1n) is 9.49. The minimum absolute atomic E-state index is 0.000594. The van der Waals surface area contributed by atoms with E-state index in [1.807, 2.05) is 54.6 Å². The predicted octanol–water partition coefficient (Wildman–Crippen LogP) is 4.13. The molecule has 5 nitrogen and oxygen atoms in total. The Labute approximate surface area is 178 Å². The number of amides is 1. The van der Waals surface area contributed by atoms with Gasteiger partial charge in [0.25, 0.3) is 5.56 Å². The maximum atomic E-state index is 12.0. The van der Waals surface area contributed by atoms with E-state index in [1.165, 1.54) is 0 Å². The molecule has 1 N–H and O–H groups in total. The SMILES string of the molecule is O=C(CCCOc1ccccc1Br)NCc1ccc(Cn2ccccc2=O)cc1.